The Balaban J connectivity index is 2.07. The Morgan fingerprint density at radius 1 is 1.57 bits per heavy atom. The molecular formula is C12H17N5O4. The number of anilines is 1. The molecule has 0 aromatic carbocycles. The molecule has 3 atom stereocenters. The van der Waals surface area contributed by atoms with Gasteiger partial charge in [0.05, 0.1) is 18.9 Å². The zero-order valence-corrected chi connectivity index (χ0v) is 11.7. The van der Waals surface area contributed by atoms with Crippen molar-refractivity contribution in [2.24, 2.45) is 0 Å². The van der Waals surface area contributed by atoms with Crippen LogP contribution in [0.2, 0.25) is 0 Å². The highest BCUT2D eigenvalue weighted by Crippen LogP contribution is 2.29. The molecule has 3 N–H and O–H groups in total. The van der Waals surface area contributed by atoms with Gasteiger partial charge in [0.1, 0.15) is 17.8 Å². The number of ether oxygens (including phenoxy) is 1. The zero-order valence-electron chi connectivity index (χ0n) is 11.7. The van der Waals surface area contributed by atoms with Gasteiger partial charge in [-0.25, -0.2) is 14.3 Å². The summed E-state index contributed by atoms with van der Waals surface area (Å²) in [6.07, 6.45) is -0.415. The molecule has 0 saturated carbocycles. The third-order valence-corrected chi connectivity index (χ3v) is 3.52. The van der Waals surface area contributed by atoms with Gasteiger partial charge in [-0.05, 0) is 0 Å². The molecule has 0 aliphatic carbocycles. The van der Waals surface area contributed by atoms with E-state index in [-0.39, 0.29) is 18.7 Å². The molecule has 1 aliphatic rings. The van der Waals surface area contributed by atoms with E-state index in [9.17, 15) is 9.90 Å². The highest BCUT2D eigenvalue weighted by molar-refractivity contribution is 5.71. The second-order valence-corrected chi connectivity index (χ2v) is 5.22. The first-order valence-corrected chi connectivity index (χ1v) is 6.60. The Morgan fingerprint density at radius 2 is 2.33 bits per heavy atom. The molecule has 1 fully saturated rings. The van der Waals surface area contributed by atoms with E-state index in [1.807, 2.05) is 0 Å². The van der Waals surface area contributed by atoms with Crippen molar-refractivity contribution in [3.63, 3.8) is 0 Å². The van der Waals surface area contributed by atoms with Gasteiger partial charge in [0.15, 0.2) is 5.65 Å². The van der Waals surface area contributed by atoms with Gasteiger partial charge in [-0.3, -0.25) is 0 Å². The van der Waals surface area contributed by atoms with Crippen LogP contribution in [0.3, 0.4) is 0 Å². The van der Waals surface area contributed by atoms with Crippen LogP contribution in [-0.4, -0.2) is 62.6 Å². The van der Waals surface area contributed by atoms with Gasteiger partial charge >= 0.3 is 5.69 Å². The predicted octanol–water partition coefficient (Wildman–Crippen LogP) is -1.17. The Kier molecular flexibility index (Phi) is 3.40. The molecule has 9 nitrogen and oxygen atoms in total. The first-order chi connectivity index (χ1) is 10.0. The van der Waals surface area contributed by atoms with Crippen molar-refractivity contribution < 1.29 is 14.9 Å². The number of nitrogens with one attached hydrogen (secondary N) is 1. The predicted molar refractivity (Wildman–Crippen MR) is 74.1 cm³/mol. The number of hydrogen-bond acceptors (Lipinski definition) is 7. The molecule has 1 saturated heterocycles. The Morgan fingerprint density at radius 3 is 2.95 bits per heavy atom. The maximum atomic E-state index is 12.1. The largest absolute Gasteiger partial charge is 0.394 e. The first kappa shape index (κ1) is 14.0. The van der Waals surface area contributed by atoms with E-state index in [1.165, 1.54) is 10.8 Å². The number of fused-ring (bicyclic) bond motifs is 1. The maximum absolute atomic E-state index is 12.1. The van der Waals surface area contributed by atoms with Gasteiger partial charge < -0.3 is 24.8 Å². The minimum absolute atomic E-state index is 0.222. The fraction of sp³-hybridized carbons (Fsp3) is 0.583. The fourth-order valence-corrected chi connectivity index (χ4v) is 2.43. The van der Waals surface area contributed by atoms with Gasteiger partial charge in [0.2, 0.25) is 5.95 Å². The van der Waals surface area contributed by atoms with Crippen LogP contribution in [0.15, 0.2) is 11.0 Å². The lowest BCUT2D eigenvalue weighted by Crippen LogP contribution is -2.25. The summed E-state index contributed by atoms with van der Waals surface area (Å²) in [5.74, 6) is 0.465. The first-order valence-electron chi connectivity index (χ1n) is 6.60. The molecule has 1 aliphatic heterocycles. The van der Waals surface area contributed by atoms with E-state index in [0.717, 1.165) is 0 Å². The number of rotatable bonds is 3. The van der Waals surface area contributed by atoms with Crippen LogP contribution in [-0.2, 0) is 4.74 Å². The number of aliphatic hydroxyl groups excluding tert-OH is 2. The SMILES string of the molecule is CN(C)c1ncc2[nH]c(=O)n([C@H]3C[C@@H](O)[C@H](CO)O3)c2n1. The summed E-state index contributed by atoms with van der Waals surface area (Å²) in [6, 6.07) is 0. The molecule has 3 heterocycles. The number of aromatic amines is 1. The normalized spacial score (nSPS) is 25.6. The van der Waals surface area contributed by atoms with Crippen LogP contribution < -0.4 is 10.6 Å². The van der Waals surface area contributed by atoms with Crippen molar-refractivity contribution >= 4 is 17.1 Å². The third-order valence-electron chi connectivity index (χ3n) is 3.52. The topological polar surface area (TPSA) is 117 Å². The molecule has 0 amide bonds. The van der Waals surface area contributed by atoms with Crippen LogP contribution in [0.1, 0.15) is 12.6 Å². The average Bonchev–Trinajstić information content (AvgIpc) is 2.96. The summed E-state index contributed by atoms with van der Waals surface area (Å²) in [5.41, 5.74) is 0.525. The second-order valence-electron chi connectivity index (χ2n) is 5.22. The molecule has 0 radical (unpaired) electrons. The summed E-state index contributed by atoms with van der Waals surface area (Å²) < 4.78 is 6.88. The Hall–Kier alpha value is -1.97. The molecule has 2 aromatic rings. The second kappa shape index (κ2) is 5.10. The lowest BCUT2D eigenvalue weighted by molar-refractivity contribution is -0.0441. The van der Waals surface area contributed by atoms with Crippen molar-refractivity contribution in [2.75, 3.05) is 25.6 Å². The molecule has 21 heavy (non-hydrogen) atoms. The minimum atomic E-state index is -0.813. The van der Waals surface area contributed by atoms with E-state index in [2.05, 4.69) is 15.0 Å². The minimum Gasteiger partial charge on any atom is -0.394 e. The summed E-state index contributed by atoms with van der Waals surface area (Å²) in [7, 11) is 3.60. The molecule has 0 bridgehead atoms. The smallest absolute Gasteiger partial charge is 0.329 e. The molecular weight excluding hydrogens is 278 g/mol. The van der Waals surface area contributed by atoms with Crippen LogP contribution in [0.5, 0.6) is 0 Å². The lowest BCUT2D eigenvalue weighted by Gasteiger charge is -2.14. The van der Waals surface area contributed by atoms with Crippen LogP contribution in [0, 0.1) is 0 Å². The van der Waals surface area contributed by atoms with Gasteiger partial charge in [-0.15, -0.1) is 0 Å². The van der Waals surface area contributed by atoms with E-state index in [0.29, 0.717) is 17.1 Å². The van der Waals surface area contributed by atoms with Gasteiger partial charge in [-0.1, -0.05) is 0 Å². The van der Waals surface area contributed by atoms with E-state index < -0.39 is 18.4 Å². The van der Waals surface area contributed by atoms with Crippen molar-refractivity contribution in [1.82, 2.24) is 19.5 Å². The van der Waals surface area contributed by atoms with Crippen LogP contribution in [0.4, 0.5) is 5.95 Å². The quantitative estimate of drug-likeness (QED) is 0.653. The van der Waals surface area contributed by atoms with E-state index >= 15 is 0 Å². The summed E-state index contributed by atoms with van der Waals surface area (Å²) in [6.45, 7) is -0.299. The third kappa shape index (κ3) is 2.28. The number of nitrogens with zero attached hydrogens (tertiary/aromatic N) is 4. The standard InChI is InChI=1S/C12H17N5O4/c1-16(2)11-13-4-6-10(15-11)17(12(20)14-6)9-3-7(19)8(5-18)21-9/h4,7-9,18-19H,3,5H2,1-2H3,(H,14,20)/t7-,8+,9-/m1/s1. The zero-order chi connectivity index (χ0) is 15.1. The van der Waals surface area contributed by atoms with Crippen molar-refractivity contribution in [3.05, 3.63) is 16.7 Å². The summed E-state index contributed by atoms with van der Waals surface area (Å²) >= 11 is 0. The molecule has 114 valence electrons. The number of hydrogen-bond donors (Lipinski definition) is 3. The van der Waals surface area contributed by atoms with Crippen molar-refractivity contribution in [3.8, 4) is 0 Å². The molecule has 0 unspecified atom stereocenters. The van der Waals surface area contributed by atoms with Gasteiger partial charge in [-0.2, -0.15) is 4.98 Å². The van der Waals surface area contributed by atoms with Gasteiger partial charge in [0.25, 0.3) is 0 Å². The lowest BCUT2D eigenvalue weighted by atomic mass is 10.2. The number of aromatic nitrogens is 4. The highest BCUT2D eigenvalue weighted by atomic mass is 16.5. The average molecular weight is 295 g/mol. The maximum Gasteiger partial charge on any atom is 0.329 e. The van der Waals surface area contributed by atoms with E-state index in [1.54, 1.807) is 19.0 Å². The number of H-pyrrole nitrogens is 1. The Bertz CT molecular complexity index is 709. The molecule has 2 aromatic heterocycles. The number of imidazole rings is 1. The fourth-order valence-electron chi connectivity index (χ4n) is 2.43. The van der Waals surface area contributed by atoms with E-state index in [4.69, 9.17) is 9.84 Å². The molecule has 3 rings (SSSR count). The highest BCUT2D eigenvalue weighted by Gasteiger charge is 2.36. The van der Waals surface area contributed by atoms with Crippen molar-refractivity contribution in [1.29, 1.82) is 0 Å². The van der Waals surface area contributed by atoms with Crippen LogP contribution in [0.25, 0.3) is 11.2 Å². The monoisotopic (exact) mass is 295 g/mol. The Labute approximate surface area is 119 Å². The van der Waals surface area contributed by atoms with Gasteiger partial charge in [0, 0.05) is 20.5 Å². The summed E-state index contributed by atoms with van der Waals surface area (Å²) in [4.78, 5) is 25.0. The van der Waals surface area contributed by atoms with Crippen LogP contribution >= 0.6 is 0 Å². The number of aliphatic hydroxyl groups is 2. The molecule has 9 heteroatoms. The molecule has 0 spiro atoms. The summed E-state index contributed by atoms with van der Waals surface area (Å²) in [5, 5.41) is 19.0. The van der Waals surface area contributed by atoms with Crippen molar-refractivity contribution in [2.45, 2.75) is 24.9 Å².